The average Bonchev–Trinajstić information content (AvgIpc) is 3.16. The number of amides is 1. The summed E-state index contributed by atoms with van der Waals surface area (Å²) in [7, 11) is 1.49. The number of Topliss-reactive ketones (excluding diaryl/α,β-unsaturated/α-hetero) is 1. The summed E-state index contributed by atoms with van der Waals surface area (Å²) in [5.74, 6) is -0.273. The Labute approximate surface area is 312 Å². The molecule has 1 amide bonds. The lowest BCUT2D eigenvalue weighted by Gasteiger charge is -2.21. The summed E-state index contributed by atoms with van der Waals surface area (Å²) in [6, 6.07) is 22.2. The normalized spacial score (nSPS) is 13.2. The van der Waals surface area contributed by atoms with E-state index < -0.39 is 34.8 Å². The predicted octanol–water partition coefficient (Wildman–Crippen LogP) is 8.82. The molecule has 0 fully saturated rings. The molecule has 0 aliphatic heterocycles. The molecule has 0 spiro atoms. The number of esters is 1. The summed E-state index contributed by atoms with van der Waals surface area (Å²) in [4.78, 5) is 40.9. The number of rotatable bonds is 19. The number of methoxy groups -OCH3 is 1. The molecule has 12 heteroatoms. The lowest BCUT2D eigenvalue weighted by Crippen LogP contribution is -2.40. The zero-order valence-corrected chi connectivity index (χ0v) is 31.2. The molecule has 0 heterocycles. The molecular formula is C40H44ClNO9S. The second-order valence-corrected chi connectivity index (χ2v) is 13.7. The first kappa shape index (κ1) is 39.9. The van der Waals surface area contributed by atoms with Gasteiger partial charge in [0.1, 0.15) is 23.0 Å². The van der Waals surface area contributed by atoms with Gasteiger partial charge >= 0.3 is 5.97 Å². The minimum Gasteiger partial charge on any atom is -0.508 e. The van der Waals surface area contributed by atoms with Crippen LogP contribution in [0.25, 0.3) is 0 Å². The number of nitrogens with one attached hydrogen (secondary N) is 1. The van der Waals surface area contributed by atoms with Gasteiger partial charge in [0.15, 0.2) is 0 Å². The Hall–Kier alpha value is -4.87. The number of benzene rings is 4. The van der Waals surface area contributed by atoms with E-state index in [1.807, 2.05) is 0 Å². The molecule has 4 aromatic rings. The van der Waals surface area contributed by atoms with E-state index in [-0.39, 0.29) is 56.5 Å². The van der Waals surface area contributed by atoms with Crippen LogP contribution in [-0.2, 0) is 20.6 Å². The molecule has 4 unspecified atom stereocenters. The van der Waals surface area contributed by atoms with Crippen molar-refractivity contribution in [1.29, 1.82) is 0 Å². The fourth-order valence-corrected chi connectivity index (χ4v) is 6.38. The summed E-state index contributed by atoms with van der Waals surface area (Å²) in [5.41, 5.74) is 0.460. The van der Waals surface area contributed by atoms with Crippen molar-refractivity contribution in [3.63, 3.8) is 0 Å². The number of hydrogen-bond donors (Lipinski definition) is 2. The summed E-state index contributed by atoms with van der Waals surface area (Å²) in [5, 5.41) is 12.3. The van der Waals surface area contributed by atoms with Gasteiger partial charge in [0.2, 0.25) is 23.0 Å². The van der Waals surface area contributed by atoms with E-state index >= 15 is 0 Å². The van der Waals surface area contributed by atoms with E-state index in [2.05, 4.69) is 26.1 Å². The van der Waals surface area contributed by atoms with Crippen molar-refractivity contribution in [3.8, 4) is 23.0 Å². The molecule has 4 aromatic carbocycles. The number of hydrogen-bond acceptors (Lipinski definition) is 9. The van der Waals surface area contributed by atoms with Crippen LogP contribution in [0.2, 0.25) is 5.02 Å². The van der Waals surface area contributed by atoms with Gasteiger partial charge in [0, 0.05) is 5.56 Å². The first-order valence-corrected chi connectivity index (χ1v) is 18.6. The Morgan fingerprint density at radius 3 is 2.04 bits per heavy atom. The number of ketones is 1. The van der Waals surface area contributed by atoms with Crippen molar-refractivity contribution in [2.75, 3.05) is 19.0 Å². The van der Waals surface area contributed by atoms with Gasteiger partial charge in [-0.3, -0.25) is 9.59 Å². The molecule has 4 atom stereocenters. The molecule has 0 bridgehead atoms. The average molecular weight is 750 g/mol. The second-order valence-electron chi connectivity index (χ2n) is 12.2. The Morgan fingerprint density at radius 1 is 0.808 bits per heavy atom. The predicted molar refractivity (Wildman–Crippen MR) is 201 cm³/mol. The lowest BCUT2D eigenvalue weighted by molar-refractivity contribution is -0.120. The molecule has 0 aliphatic rings. The largest absolute Gasteiger partial charge is 0.508 e. The first-order valence-electron chi connectivity index (χ1n) is 17.2. The molecular weight excluding hydrogens is 706 g/mol. The number of carbonyl (C=O) groups is 3. The molecule has 10 nitrogen and oxygen atoms in total. The van der Waals surface area contributed by atoms with Gasteiger partial charge < -0.3 is 28.8 Å². The minimum absolute atomic E-state index is 0.0403. The number of ether oxygens (including phenoxy) is 3. The van der Waals surface area contributed by atoms with Gasteiger partial charge in [-0.2, -0.15) is 0 Å². The van der Waals surface area contributed by atoms with Crippen LogP contribution >= 0.6 is 11.6 Å². The van der Waals surface area contributed by atoms with Gasteiger partial charge in [-0.1, -0.05) is 58.1 Å². The highest BCUT2D eigenvalue weighted by Gasteiger charge is 2.31. The van der Waals surface area contributed by atoms with Crippen LogP contribution in [0, 0.1) is 11.8 Å². The Morgan fingerprint density at radius 2 is 1.42 bits per heavy atom. The zero-order valence-electron chi connectivity index (χ0n) is 29.6. The standard InChI is InChI=1S/C40H44ClNO9S/c1-5-8-26(6-2)23-27(7-3)25-49-40(46)29-11-22-35(41)36(24-29)42-39(45)38(37(44)28-9-14-31(48-4)15-10-28)50-32-18-20-34(21-19-32)52(47)51-33-16-12-30(43)13-17-33/h9-22,24,26-27,38,43H,5-8,23,25H2,1-4H3,(H,42,45). The highest BCUT2D eigenvalue weighted by Crippen LogP contribution is 2.27. The SMILES string of the molecule is CCCC(CC)CC(CC)COC(=O)c1ccc(Cl)c(NC(=O)C(Oc2ccc(S(=O)Oc3ccc(O)cc3)cc2)C(=O)c2ccc(OC)cc2)c1. The Balaban J connectivity index is 1.51. The molecule has 0 radical (unpaired) electrons. The number of carbonyl (C=O) groups excluding carboxylic acids is 3. The van der Waals surface area contributed by atoms with Gasteiger partial charge in [0.05, 0.1) is 34.9 Å². The van der Waals surface area contributed by atoms with Crippen LogP contribution in [0.5, 0.6) is 23.0 Å². The highest BCUT2D eigenvalue weighted by atomic mass is 35.5. The number of phenolic OH excluding ortho intramolecular Hbond substituents is 1. The van der Waals surface area contributed by atoms with Crippen LogP contribution in [0.3, 0.4) is 0 Å². The van der Waals surface area contributed by atoms with Gasteiger partial charge in [-0.05, 0) is 109 Å². The Bertz CT molecular complexity index is 1810. The highest BCUT2D eigenvalue weighted by molar-refractivity contribution is 7.80. The maximum Gasteiger partial charge on any atom is 0.338 e. The number of halogens is 1. The van der Waals surface area contributed by atoms with E-state index in [0.29, 0.717) is 11.7 Å². The molecule has 0 aliphatic carbocycles. The third-order valence-corrected chi connectivity index (χ3v) is 9.89. The molecule has 2 N–H and O–H groups in total. The van der Waals surface area contributed by atoms with E-state index in [9.17, 15) is 23.7 Å². The second kappa shape index (κ2) is 19.7. The van der Waals surface area contributed by atoms with Crippen molar-refractivity contribution >= 4 is 46.0 Å². The number of aromatic hydroxyl groups is 1. The van der Waals surface area contributed by atoms with Crippen molar-refractivity contribution < 1.29 is 42.1 Å². The fourth-order valence-electron chi connectivity index (χ4n) is 5.48. The third-order valence-electron chi connectivity index (χ3n) is 8.56. The molecule has 0 aromatic heterocycles. The lowest BCUT2D eigenvalue weighted by atomic mass is 9.88. The monoisotopic (exact) mass is 749 g/mol. The van der Waals surface area contributed by atoms with Crippen LogP contribution in [0.4, 0.5) is 5.69 Å². The van der Waals surface area contributed by atoms with Crippen molar-refractivity contribution in [2.45, 2.75) is 63.9 Å². The van der Waals surface area contributed by atoms with E-state index in [4.69, 9.17) is 30.0 Å². The van der Waals surface area contributed by atoms with Gasteiger partial charge in [-0.25, -0.2) is 9.00 Å². The van der Waals surface area contributed by atoms with Crippen molar-refractivity contribution in [1.82, 2.24) is 0 Å². The number of phenols is 1. The van der Waals surface area contributed by atoms with E-state index in [1.54, 1.807) is 12.1 Å². The smallest absolute Gasteiger partial charge is 0.338 e. The molecule has 4 rings (SSSR count). The van der Waals surface area contributed by atoms with Crippen LogP contribution in [-0.4, -0.2) is 46.8 Å². The minimum atomic E-state index is -1.91. The third kappa shape index (κ3) is 11.3. The fraction of sp³-hybridized carbons (Fsp3) is 0.325. The zero-order chi connectivity index (χ0) is 37.6. The van der Waals surface area contributed by atoms with Crippen LogP contribution in [0.15, 0.2) is 95.9 Å². The van der Waals surface area contributed by atoms with E-state index in [1.165, 1.54) is 86.0 Å². The quantitative estimate of drug-likeness (QED) is 0.0547. The first-order chi connectivity index (χ1) is 25.0. The topological polar surface area (TPSA) is 137 Å². The summed E-state index contributed by atoms with van der Waals surface area (Å²) < 4.78 is 35.0. The van der Waals surface area contributed by atoms with Gasteiger partial charge in [0.25, 0.3) is 5.91 Å². The molecule has 0 saturated heterocycles. The number of anilines is 1. The molecule has 52 heavy (non-hydrogen) atoms. The van der Waals surface area contributed by atoms with Crippen molar-refractivity contribution in [2.24, 2.45) is 11.8 Å². The maximum atomic E-state index is 13.8. The molecule has 0 saturated carbocycles. The van der Waals surface area contributed by atoms with Crippen LogP contribution < -0.4 is 19.0 Å². The van der Waals surface area contributed by atoms with Gasteiger partial charge in [-0.15, -0.1) is 0 Å². The van der Waals surface area contributed by atoms with E-state index in [0.717, 1.165) is 32.1 Å². The summed E-state index contributed by atoms with van der Waals surface area (Å²) in [6.07, 6.45) is 3.49. The van der Waals surface area contributed by atoms with Crippen LogP contribution in [0.1, 0.15) is 73.6 Å². The summed E-state index contributed by atoms with van der Waals surface area (Å²) in [6.45, 7) is 6.72. The summed E-state index contributed by atoms with van der Waals surface area (Å²) >= 11 is 4.54. The Kier molecular flexibility index (Phi) is 15.1. The molecule has 276 valence electrons. The van der Waals surface area contributed by atoms with Crippen molar-refractivity contribution in [3.05, 3.63) is 107 Å². The maximum absolute atomic E-state index is 13.8.